The Labute approximate surface area is 214 Å². The average molecular weight is 509 g/mol. The molecule has 1 saturated heterocycles. The van der Waals surface area contributed by atoms with Gasteiger partial charge < -0.3 is 25.3 Å². The molecule has 3 amide bonds. The highest BCUT2D eigenvalue weighted by Gasteiger charge is 2.28. The van der Waals surface area contributed by atoms with Gasteiger partial charge in [-0.15, -0.1) is 0 Å². The van der Waals surface area contributed by atoms with E-state index in [-0.39, 0.29) is 17.9 Å². The van der Waals surface area contributed by atoms with Crippen molar-refractivity contribution >= 4 is 40.4 Å². The molecule has 1 aromatic heterocycles. The molecule has 1 fully saturated rings. The van der Waals surface area contributed by atoms with Crippen molar-refractivity contribution in [1.82, 2.24) is 20.5 Å². The topological polar surface area (TPSA) is 104 Å². The number of carbonyl (C=O) groups is 3. The minimum absolute atomic E-state index is 0.0167. The zero-order chi connectivity index (χ0) is 25.6. The maximum Gasteiger partial charge on any atom is 0.407 e. The Morgan fingerprint density at radius 2 is 1.86 bits per heavy atom. The van der Waals surface area contributed by atoms with Crippen LogP contribution in [0.25, 0.3) is 22.2 Å². The molecule has 0 aliphatic carbocycles. The fraction of sp³-hybridized carbons (Fsp3) is 0.370. The van der Waals surface area contributed by atoms with Gasteiger partial charge in [0.2, 0.25) is 0 Å². The number of ether oxygens (including phenoxy) is 1. The number of likely N-dealkylation sites (tertiary alicyclic amines) is 1. The molecular weight excluding hydrogens is 480 g/mol. The number of nitrogens with zero attached hydrogens (tertiary/aromatic N) is 1. The van der Waals surface area contributed by atoms with E-state index in [4.69, 9.17) is 16.3 Å². The first-order valence-electron chi connectivity index (χ1n) is 12.1. The normalized spacial score (nSPS) is 16.1. The number of H-pyrrole nitrogens is 1. The van der Waals surface area contributed by atoms with Gasteiger partial charge in [0.05, 0.1) is 5.56 Å². The molecule has 0 atom stereocenters. The zero-order valence-electron chi connectivity index (χ0n) is 20.5. The van der Waals surface area contributed by atoms with Gasteiger partial charge in [0.1, 0.15) is 5.60 Å². The molecule has 3 aromatic rings. The molecule has 3 N–H and O–H groups in total. The van der Waals surface area contributed by atoms with E-state index in [1.165, 1.54) is 0 Å². The lowest BCUT2D eigenvalue weighted by atomic mass is 10.0. The van der Waals surface area contributed by atoms with E-state index in [0.29, 0.717) is 48.6 Å². The Morgan fingerprint density at radius 3 is 2.58 bits per heavy atom. The second-order valence-electron chi connectivity index (χ2n) is 10.3. The Morgan fingerprint density at radius 1 is 1.11 bits per heavy atom. The molecule has 188 valence electrons. The fourth-order valence-corrected chi connectivity index (χ4v) is 5.05. The summed E-state index contributed by atoms with van der Waals surface area (Å²) in [6, 6.07) is 11.2. The smallest absolute Gasteiger partial charge is 0.407 e. The fourth-order valence-electron chi connectivity index (χ4n) is 4.83. The molecule has 8 nitrogen and oxygen atoms in total. The SMILES string of the molecule is CC(C)(C)OC(=O)NC1CCN(C(=O)c2ccc3[nH]c(-c4ccc(Cl)c5c4C(=O)NC5)cc3c2)CC1. The molecule has 2 aromatic carbocycles. The summed E-state index contributed by atoms with van der Waals surface area (Å²) in [6.45, 7) is 7.03. The van der Waals surface area contributed by atoms with Crippen molar-refractivity contribution in [3.63, 3.8) is 0 Å². The van der Waals surface area contributed by atoms with Crippen LogP contribution in [0, 0.1) is 0 Å². The second kappa shape index (κ2) is 9.17. The van der Waals surface area contributed by atoms with Crippen molar-refractivity contribution in [1.29, 1.82) is 0 Å². The Balaban J connectivity index is 1.29. The third-order valence-electron chi connectivity index (χ3n) is 6.57. The van der Waals surface area contributed by atoms with Crippen molar-refractivity contribution in [2.75, 3.05) is 13.1 Å². The van der Waals surface area contributed by atoms with Crippen molar-refractivity contribution in [2.24, 2.45) is 0 Å². The minimum atomic E-state index is -0.544. The maximum absolute atomic E-state index is 13.2. The van der Waals surface area contributed by atoms with E-state index in [1.54, 1.807) is 6.07 Å². The summed E-state index contributed by atoms with van der Waals surface area (Å²) in [5, 5.41) is 7.20. The molecule has 0 radical (unpaired) electrons. The summed E-state index contributed by atoms with van der Waals surface area (Å²) in [5.41, 5.74) is 3.92. The van der Waals surface area contributed by atoms with Crippen LogP contribution in [0.3, 0.4) is 0 Å². The Bertz CT molecular complexity index is 1370. The first-order valence-corrected chi connectivity index (χ1v) is 12.5. The summed E-state index contributed by atoms with van der Waals surface area (Å²) in [5.74, 6) is -0.177. The molecular formula is C27H29ClN4O4. The van der Waals surface area contributed by atoms with Crippen LogP contribution in [-0.4, -0.2) is 52.5 Å². The molecule has 2 aliphatic heterocycles. The third-order valence-corrected chi connectivity index (χ3v) is 6.92. The number of aromatic nitrogens is 1. The number of carbonyl (C=O) groups excluding carboxylic acids is 3. The van der Waals surface area contributed by atoms with Crippen LogP contribution in [0.2, 0.25) is 5.02 Å². The minimum Gasteiger partial charge on any atom is -0.444 e. The van der Waals surface area contributed by atoms with Crippen LogP contribution >= 0.6 is 11.6 Å². The van der Waals surface area contributed by atoms with Crippen molar-refractivity contribution < 1.29 is 19.1 Å². The molecule has 5 rings (SSSR count). The summed E-state index contributed by atoms with van der Waals surface area (Å²) in [6.07, 6.45) is 0.918. The lowest BCUT2D eigenvalue weighted by Crippen LogP contribution is -2.47. The van der Waals surface area contributed by atoms with Crippen LogP contribution in [0.4, 0.5) is 4.79 Å². The van der Waals surface area contributed by atoms with Crippen LogP contribution in [0.5, 0.6) is 0 Å². The predicted octanol–water partition coefficient (Wildman–Crippen LogP) is 4.86. The van der Waals surface area contributed by atoms with Crippen LogP contribution in [0.1, 0.15) is 59.9 Å². The van der Waals surface area contributed by atoms with Gasteiger partial charge in [-0.3, -0.25) is 9.59 Å². The summed E-state index contributed by atoms with van der Waals surface area (Å²) in [7, 11) is 0. The van der Waals surface area contributed by atoms with Crippen molar-refractivity contribution in [3.8, 4) is 11.3 Å². The summed E-state index contributed by atoms with van der Waals surface area (Å²) in [4.78, 5) is 42.9. The summed E-state index contributed by atoms with van der Waals surface area (Å²) >= 11 is 6.29. The first kappa shape index (κ1) is 24.2. The number of fused-ring (bicyclic) bond motifs is 2. The highest BCUT2D eigenvalue weighted by Crippen LogP contribution is 2.35. The number of piperidine rings is 1. The van der Waals surface area contributed by atoms with Gasteiger partial charge in [0, 0.05) is 64.0 Å². The van der Waals surface area contributed by atoms with E-state index in [2.05, 4.69) is 15.6 Å². The van der Waals surface area contributed by atoms with Gasteiger partial charge in [-0.05, 0) is 63.9 Å². The van der Waals surface area contributed by atoms with Gasteiger partial charge in [-0.1, -0.05) is 17.7 Å². The molecule has 0 saturated carbocycles. The number of rotatable bonds is 3. The molecule has 3 heterocycles. The Kier molecular flexibility index (Phi) is 6.16. The number of benzene rings is 2. The standard InChI is InChI=1S/C27H29ClN4O4/c1-27(2,3)36-26(35)30-17-8-10-32(11-9-17)25(34)15-4-7-21-16(12-15)13-22(31-21)18-5-6-20(28)19-14-29-24(33)23(18)19/h4-7,12-13,17,31H,8-11,14H2,1-3H3,(H,29,33)(H,30,35). The van der Waals surface area contributed by atoms with E-state index in [1.807, 2.05) is 56.0 Å². The lowest BCUT2D eigenvalue weighted by Gasteiger charge is -2.33. The largest absolute Gasteiger partial charge is 0.444 e. The molecule has 0 unspecified atom stereocenters. The molecule has 2 aliphatic rings. The number of hydrogen-bond donors (Lipinski definition) is 3. The van der Waals surface area contributed by atoms with Crippen molar-refractivity contribution in [2.45, 2.75) is 51.8 Å². The van der Waals surface area contributed by atoms with E-state index in [9.17, 15) is 14.4 Å². The van der Waals surface area contributed by atoms with Gasteiger partial charge in [-0.2, -0.15) is 0 Å². The van der Waals surface area contributed by atoms with E-state index >= 15 is 0 Å². The van der Waals surface area contributed by atoms with Gasteiger partial charge in [0.25, 0.3) is 11.8 Å². The first-order chi connectivity index (χ1) is 17.1. The third kappa shape index (κ3) is 4.78. The van der Waals surface area contributed by atoms with Crippen LogP contribution in [0.15, 0.2) is 36.4 Å². The predicted molar refractivity (Wildman–Crippen MR) is 138 cm³/mol. The average Bonchev–Trinajstić information content (AvgIpc) is 3.42. The molecule has 0 bridgehead atoms. The number of alkyl carbamates (subject to hydrolysis) is 1. The highest BCUT2D eigenvalue weighted by atomic mass is 35.5. The van der Waals surface area contributed by atoms with Gasteiger partial charge in [0.15, 0.2) is 0 Å². The van der Waals surface area contributed by atoms with Crippen LogP contribution < -0.4 is 10.6 Å². The Hall–Kier alpha value is -3.52. The second-order valence-corrected chi connectivity index (χ2v) is 10.7. The zero-order valence-corrected chi connectivity index (χ0v) is 21.3. The lowest BCUT2D eigenvalue weighted by molar-refractivity contribution is 0.0473. The monoisotopic (exact) mass is 508 g/mol. The van der Waals surface area contributed by atoms with Gasteiger partial charge >= 0.3 is 6.09 Å². The highest BCUT2D eigenvalue weighted by molar-refractivity contribution is 6.32. The van der Waals surface area contributed by atoms with Crippen molar-refractivity contribution in [3.05, 3.63) is 58.1 Å². The molecule has 36 heavy (non-hydrogen) atoms. The van der Waals surface area contributed by atoms with E-state index in [0.717, 1.165) is 27.7 Å². The maximum atomic E-state index is 13.2. The molecule has 0 spiro atoms. The number of halogens is 1. The number of nitrogens with one attached hydrogen (secondary N) is 3. The van der Waals surface area contributed by atoms with Gasteiger partial charge in [-0.25, -0.2) is 4.79 Å². The summed E-state index contributed by atoms with van der Waals surface area (Å²) < 4.78 is 5.33. The number of aromatic amines is 1. The molecule has 9 heteroatoms. The number of hydrogen-bond acceptors (Lipinski definition) is 4. The number of amides is 3. The van der Waals surface area contributed by atoms with Crippen LogP contribution in [-0.2, 0) is 11.3 Å². The van der Waals surface area contributed by atoms with E-state index < -0.39 is 11.7 Å². The quantitative estimate of drug-likeness (QED) is 0.470.